The molecule has 0 aliphatic carbocycles. The molecular weight excluding hydrogens is 289 g/mol. The number of hydrogen-bond donors (Lipinski definition) is 2. The minimum Gasteiger partial charge on any atom is -0.346 e. The SMILES string of the molecule is CN(CC(=O)NCC(F)(F)F)S(=O)(=O)c1cn[nH]c1. The molecule has 0 saturated heterocycles. The predicted molar refractivity (Wildman–Crippen MR) is 57.5 cm³/mol. The standard InChI is InChI=1S/C8H11F3N4O3S/c1-15(4-7(16)12-5-8(9,10)11)19(17,18)6-2-13-14-3-6/h2-3H,4-5H2,1H3,(H,12,16)(H,13,14). The summed E-state index contributed by atoms with van der Waals surface area (Å²) in [6.07, 6.45) is -2.42. The zero-order valence-electron chi connectivity index (χ0n) is 9.73. The Labute approximate surface area is 106 Å². The molecule has 0 radical (unpaired) electrons. The molecule has 0 aliphatic heterocycles. The topological polar surface area (TPSA) is 95.2 Å². The second-order valence-corrected chi connectivity index (χ2v) is 5.63. The molecule has 7 nitrogen and oxygen atoms in total. The first kappa shape index (κ1) is 15.4. The number of alkyl halides is 3. The van der Waals surface area contributed by atoms with E-state index in [0.29, 0.717) is 4.31 Å². The Hall–Kier alpha value is -1.62. The third-order valence-electron chi connectivity index (χ3n) is 2.03. The number of nitrogens with one attached hydrogen (secondary N) is 2. The number of rotatable bonds is 5. The number of aromatic nitrogens is 2. The first-order valence-corrected chi connectivity index (χ1v) is 6.35. The molecule has 0 atom stereocenters. The van der Waals surface area contributed by atoms with Crippen molar-refractivity contribution in [3.63, 3.8) is 0 Å². The molecule has 11 heteroatoms. The number of sulfonamides is 1. The highest BCUT2D eigenvalue weighted by atomic mass is 32.2. The zero-order valence-corrected chi connectivity index (χ0v) is 10.5. The van der Waals surface area contributed by atoms with Gasteiger partial charge in [0.25, 0.3) is 0 Å². The van der Waals surface area contributed by atoms with Gasteiger partial charge in [0.05, 0.1) is 12.7 Å². The van der Waals surface area contributed by atoms with E-state index in [0.717, 1.165) is 19.4 Å². The molecule has 0 saturated carbocycles. The van der Waals surface area contributed by atoms with Crippen molar-refractivity contribution in [1.29, 1.82) is 0 Å². The number of aromatic amines is 1. The minimum absolute atomic E-state index is 0.182. The molecule has 1 rings (SSSR count). The van der Waals surface area contributed by atoms with Gasteiger partial charge in [-0.2, -0.15) is 22.6 Å². The second-order valence-electron chi connectivity index (χ2n) is 3.59. The lowest BCUT2D eigenvalue weighted by atomic mass is 10.5. The summed E-state index contributed by atoms with van der Waals surface area (Å²) in [5.74, 6) is -1.05. The Kier molecular flexibility index (Phi) is 4.52. The lowest BCUT2D eigenvalue weighted by molar-refractivity contribution is -0.138. The van der Waals surface area contributed by atoms with Gasteiger partial charge in [0.15, 0.2) is 0 Å². The van der Waals surface area contributed by atoms with E-state index in [1.54, 1.807) is 5.32 Å². The molecule has 108 valence electrons. The van der Waals surface area contributed by atoms with Gasteiger partial charge >= 0.3 is 6.18 Å². The van der Waals surface area contributed by atoms with Crippen LogP contribution >= 0.6 is 0 Å². The van der Waals surface area contributed by atoms with Gasteiger partial charge in [-0.3, -0.25) is 9.89 Å². The molecule has 1 heterocycles. The van der Waals surface area contributed by atoms with Gasteiger partial charge in [0, 0.05) is 13.2 Å². The first-order chi connectivity index (χ1) is 8.63. The molecule has 0 fully saturated rings. The molecule has 0 bridgehead atoms. The van der Waals surface area contributed by atoms with Crippen LogP contribution in [0.1, 0.15) is 0 Å². The van der Waals surface area contributed by atoms with Crippen LogP contribution in [0.2, 0.25) is 0 Å². The molecule has 0 unspecified atom stereocenters. The summed E-state index contributed by atoms with van der Waals surface area (Å²) in [6.45, 7) is -2.23. The van der Waals surface area contributed by atoms with E-state index in [-0.39, 0.29) is 4.90 Å². The fraction of sp³-hybridized carbons (Fsp3) is 0.500. The molecule has 2 N–H and O–H groups in total. The monoisotopic (exact) mass is 300 g/mol. The molecule has 0 aromatic carbocycles. The van der Waals surface area contributed by atoms with Crippen LogP contribution in [0.3, 0.4) is 0 Å². The highest BCUT2D eigenvalue weighted by molar-refractivity contribution is 7.89. The van der Waals surface area contributed by atoms with Crippen molar-refractivity contribution in [2.75, 3.05) is 20.1 Å². The summed E-state index contributed by atoms with van der Waals surface area (Å²) in [4.78, 5) is 11.0. The number of H-pyrrole nitrogens is 1. The van der Waals surface area contributed by atoms with Gasteiger partial charge in [-0.25, -0.2) is 8.42 Å². The summed E-state index contributed by atoms with van der Waals surface area (Å²) in [5.41, 5.74) is 0. The largest absolute Gasteiger partial charge is 0.405 e. The van der Waals surface area contributed by atoms with Crippen molar-refractivity contribution in [2.45, 2.75) is 11.1 Å². The van der Waals surface area contributed by atoms with Gasteiger partial charge in [0.1, 0.15) is 11.4 Å². The summed E-state index contributed by atoms with van der Waals surface area (Å²) in [6, 6.07) is 0. The van der Waals surface area contributed by atoms with E-state index < -0.39 is 35.2 Å². The van der Waals surface area contributed by atoms with E-state index in [1.165, 1.54) is 0 Å². The van der Waals surface area contributed by atoms with Crippen LogP contribution in [0.15, 0.2) is 17.3 Å². The number of halogens is 3. The smallest absolute Gasteiger partial charge is 0.346 e. The Balaban J connectivity index is 2.60. The number of hydrogen-bond acceptors (Lipinski definition) is 4. The van der Waals surface area contributed by atoms with Crippen LogP contribution < -0.4 is 5.32 Å². The number of amides is 1. The van der Waals surface area contributed by atoms with Crippen LogP contribution in [0.4, 0.5) is 13.2 Å². The van der Waals surface area contributed by atoms with Crippen molar-refractivity contribution >= 4 is 15.9 Å². The Bertz CT molecular complexity index is 526. The molecule has 0 spiro atoms. The van der Waals surface area contributed by atoms with Crippen LogP contribution in [-0.2, 0) is 14.8 Å². The van der Waals surface area contributed by atoms with E-state index in [2.05, 4.69) is 10.2 Å². The lowest BCUT2D eigenvalue weighted by Crippen LogP contribution is -2.41. The number of likely N-dealkylation sites (N-methyl/N-ethyl adjacent to an activating group) is 1. The number of carbonyl (C=O) groups excluding carboxylic acids is 1. The molecule has 1 amide bonds. The normalized spacial score (nSPS) is 12.7. The molecule has 19 heavy (non-hydrogen) atoms. The van der Waals surface area contributed by atoms with Gasteiger partial charge in [-0.05, 0) is 0 Å². The van der Waals surface area contributed by atoms with Crippen molar-refractivity contribution in [2.24, 2.45) is 0 Å². The van der Waals surface area contributed by atoms with E-state index >= 15 is 0 Å². The molecule has 0 aliphatic rings. The van der Waals surface area contributed by atoms with Crippen LogP contribution in [0, 0.1) is 0 Å². The quantitative estimate of drug-likeness (QED) is 0.781. The first-order valence-electron chi connectivity index (χ1n) is 4.91. The third-order valence-corrected chi connectivity index (χ3v) is 3.80. The van der Waals surface area contributed by atoms with Gasteiger partial charge in [-0.1, -0.05) is 0 Å². The fourth-order valence-electron chi connectivity index (χ4n) is 1.10. The van der Waals surface area contributed by atoms with Crippen LogP contribution in [0.5, 0.6) is 0 Å². The number of carbonyl (C=O) groups is 1. The van der Waals surface area contributed by atoms with E-state index in [4.69, 9.17) is 0 Å². The average molecular weight is 300 g/mol. The van der Waals surface area contributed by atoms with Gasteiger partial charge in [-0.15, -0.1) is 0 Å². The molecule has 1 aromatic rings. The maximum atomic E-state index is 11.9. The minimum atomic E-state index is -4.54. The zero-order chi connectivity index (χ0) is 14.7. The van der Waals surface area contributed by atoms with E-state index in [1.807, 2.05) is 0 Å². The Morgan fingerprint density at radius 2 is 2.16 bits per heavy atom. The van der Waals surface area contributed by atoms with Crippen molar-refractivity contribution in [3.05, 3.63) is 12.4 Å². The predicted octanol–water partition coefficient (Wildman–Crippen LogP) is -0.291. The number of nitrogens with zero attached hydrogens (tertiary/aromatic N) is 2. The van der Waals surface area contributed by atoms with Crippen molar-refractivity contribution in [1.82, 2.24) is 19.8 Å². The Morgan fingerprint density at radius 1 is 1.53 bits per heavy atom. The summed E-state index contributed by atoms with van der Waals surface area (Å²) < 4.78 is 59.8. The maximum Gasteiger partial charge on any atom is 0.405 e. The van der Waals surface area contributed by atoms with Crippen molar-refractivity contribution < 1.29 is 26.4 Å². The van der Waals surface area contributed by atoms with Gasteiger partial charge in [0.2, 0.25) is 15.9 Å². The summed E-state index contributed by atoms with van der Waals surface area (Å²) in [5, 5.41) is 7.30. The lowest BCUT2D eigenvalue weighted by Gasteiger charge is -2.16. The highest BCUT2D eigenvalue weighted by Gasteiger charge is 2.29. The third kappa shape index (κ3) is 4.52. The maximum absolute atomic E-state index is 11.9. The van der Waals surface area contributed by atoms with Crippen LogP contribution in [0.25, 0.3) is 0 Å². The summed E-state index contributed by atoms with van der Waals surface area (Å²) >= 11 is 0. The van der Waals surface area contributed by atoms with Gasteiger partial charge < -0.3 is 5.32 Å². The molecule has 1 aromatic heterocycles. The van der Waals surface area contributed by atoms with Crippen LogP contribution in [-0.4, -0.2) is 55.1 Å². The second kappa shape index (κ2) is 5.57. The molecular formula is C8H11F3N4O3S. The van der Waals surface area contributed by atoms with E-state index in [9.17, 15) is 26.4 Å². The fourth-order valence-corrected chi connectivity index (χ4v) is 2.14. The van der Waals surface area contributed by atoms with Crippen molar-refractivity contribution in [3.8, 4) is 0 Å². The summed E-state index contributed by atoms with van der Waals surface area (Å²) in [7, 11) is -2.87. The highest BCUT2D eigenvalue weighted by Crippen LogP contribution is 2.13. The Morgan fingerprint density at radius 3 is 2.63 bits per heavy atom. The average Bonchev–Trinajstić information content (AvgIpc) is 2.79.